The SMILES string of the molecule is CCn1c(C)nnc1Cn1cnc(N)n1. The van der Waals surface area contributed by atoms with Crippen molar-refractivity contribution in [1.82, 2.24) is 29.5 Å². The Bertz CT molecular complexity index is 455. The van der Waals surface area contributed by atoms with E-state index in [4.69, 9.17) is 5.73 Å². The minimum atomic E-state index is 0.272. The molecule has 0 aliphatic heterocycles. The molecule has 0 aliphatic carbocycles. The molecule has 2 rings (SSSR count). The van der Waals surface area contributed by atoms with Crippen molar-refractivity contribution in [2.75, 3.05) is 5.73 Å². The quantitative estimate of drug-likeness (QED) is 0.754. The molecule has 0 unspecified atom stereocenters. The first-order chi connectivity index (χ1) is 7.20. The van der Waals surface area contributed by atoms with E-state index in [1.807, 2.05) is 11.5 Å². The van der Waals surface area contributed by atoms with Gasteiger partial charge in [-0.05, 0) is 13.8 Å². The van der Waals surface area contributed by atoms with E-state index < -0.39 is 0 Å². The number of aromatic nitrogens is 6. The van der Waals surface area contributed by atoms with E-state index in [0.717, 1.165) is 18.2 Å². The first-order valence-electron chi connectivity index (χ1n) is 4.74. The normalized spacial score (nSPS) is 10.8. The zero-order valence-corrected chi connectivity index (χ0v) is 8.75. The third kappa shape index (κ3) is 1.80. The molecule has 0 aromatic carbocycles. The number of anilines is 1. The molecule has 2 N–H and O–H groups in total. The molecule has 0 fully saturated rings. The van der Waals surface area contributed by atoms with Gasteiger partial charge >= 0.3 is 0 Å². The molecular weight excluding hydrogens is 194 g/mol. The maximum atomic E-state index is 5.42. The Labute approximate surface area is 86.9 Å². The highest BCUT2D eigenvalue weighted by Crippen LogP contribution is 2.03. The highest BCUT2D eigenvalue weighted by atomic mass is 15.4. The number of aryl methyl sites for hydroxylation is 1. The summed E-state index contributed by atoms with van der Waals surface area (Å²) in [6, 6.07) is 0. The first kappa shape index (κ1) is 9.63. The molecular formula is C8H13N7. The van der Waals surface area contributed by atoms with E-state index in [1.165, 1.54) is 0 Å². The molecule has 0 spiro atoms. The van der Waals surface area contributed by atoms with Gasteiger partial charge in [0.25, 0.3) is 0 Å². The molecule has 0 radical (unpaired) electrons. The first-order valence-corrected chi connectivity index (χ1v) is 4.74. The Kier molecular flexibility index (Phi) is 2.36. The third-order valence-corrected chi connectivity index (χ3v) is 2.19. The predicted molar refractivity (Wildman–Crippen MR) is 54.0 cm³/mol. The average molecular weight is 207 g/mol. The molecule has 2 aromatic heterocycles. The van der Waals surface area contributed by atoms with E-state index in [0.29, 0.717) is 6.54 Å². The van der Waals surface area contributed by atoms with Crippen LogP contribution in [0.25, 0.3) is 0 Å². The van der Waals surface area contributed by atoms with Crippen molar-refractivity contribution < 1.29 is 0 Å². The van der Waals surface area contributed by atoms with Crippen LogP contribution in [0.2, 0.25) is 0 Å². The number of hydrogen-bond acceptors (Lipinski definition) is 5. The van der Waals surface area contributed by atoms with Crippen LogP contribution in [0, 0.1) is 6.92 Å². The fourth-order valence-corrected chi connectivity index (χ4v) is 1.48. The van der Waals surface area contributed by atoms with Gasteiger partial charge < -0.3 is 10.3 Å². The lowest BCUT2D eigenvalue weighted by molar-refractivity contribution is 0.600. The van der Waals surface area contributed by atoms with Gasteiger partial charge in [0.05, 0.1) is 0 Å². The molecule has 2 heterocycles. The molecule has 2 aromatic rings. The van der Waals surface area contributed by atoms with Gasteiger partial charge in [-0.1, -0.05) is 0 Å². The van der Waals surface area contributed by atoms with Gasteiger partial charge in [0.1, 0.15) is 18.7 Å². The second-order valence-electron chi connectivity index (χ2n) is 3.21. The molecule has 0 saturated carbocycles. The monoisotopic (exact) mass is 207 g/mol. The summed E-state index contributed by atoms with van der Waals surface area (Å²) in [7, 11) is 0. The van der Waals surface area contributed by atoms with Crippen molar-refractivity contribution >= 4 is 5.95 Å². The summed E-state index contributed by atoms with van der Waals surface area (Å²) < 4.78 is 3.67. The van der Waals surface area contributed by atoms with Crippen LogP contribution in [-0.4, -0.2) is 29.5 Å². The average Bonchev–Trinajstić information content (AvgIpc) is 2.75. The van der Waals surface area contributed by atoms with Crippen LogP contribution in [0.5, 0.6) is 0 Å². The number of rotatable bonds is 3. The molecule has 15 heavy (non-hydrogen) atoms. The molecule has 80 valence electrons. The summed E-state index contributed by atoms with van der Waals surface area (Å²) in [5.41, 5.74) is 5.42. The van der Waals surface area contributed by atoms with E-state index >= 15 is 0 Å². The van der Waals surface area contributed by atoms with Crippen LogP contribution >= 0.6 is 0 Å². The van der Waals surface area contributed by atoms with Gasteiger partial charge in [0, 0.05) is 6.54 Å². The lowest BCUT2D eigenvalue weighted by atomic mass is 10.5. The van der Waals surface area contributed by atoms with Gasteiger partial charge in [0.2, 0.25) is 5.95 Å². The van der Waals surface area contributed by atoms with Gasteiger partial charge in [0.15, 0.2) is 5.82 Å². The van der Waals surface area contributed by atoms with Crippen molar-refractivity contribution in [3.8, 4) is 0 Å². The maximum Gasteiger partial charge on any atom is 0.239 e. The van der Waals surface area contributed by atoms with Crippen LogP contribution in [-0.2, 0) is 13.1 Å². The van der Waals surface area contributed by atoms with Crippen molar-refractivity contribution in [1.29, 1.82) is 0 Å². The summed E-state index contributed by atoms with van der Waals surface area (Å²) in [5.74, 6) is 2.04. The fraction of sp³-hybridized carbons (Fsp3) is 0.500. The Morgan fingerprint density at radius 1 is 1.40 bits per heavy atom. The summed E-state index contributed by atoms with van der Waals surface area (Å²) in [4.78, 5) is 3.85. The Morgan fingerprint density at radius 3 is 2.80 bits per heavy atom. The lowest BCUT2D eigenvalue weighted by Crippen LogP contribution is -2.09. The van der Waals surface area contributed by atoms with Crippen LogP contribution in [0.15, 0.2) is 6.33 Å². The molecule has 0 bridgehead atoms. The van der Waals surface area contributed by atoms with Crippen molar-refractivity contribution in [2.45, 2.75) is 26.9 Å². The summed E-state index contributed by atoms with van der Waals surface area (Å²) >= 11 is 0. The zero-order chi connectivity index (χ0) is 10.8. The minimum Gasteiger partial charge on any atom is -0.367 e. The van der Waals surface area contributed by atoms with Crippen molar-refractivity contribution in [3.63, 3.8) is 0 Å². The second kappa shape index (κ2) is 3.68. The van der Waals surface area contributed by atoms with Gasteiger partial charge in [-0.3, -0.25) is 0 Å². The highest BCUT2D eigenvalue weighted by Gasteiger charge is 2.08. The summed E-state index contributed by atoms with van der Waals surface area (Å²) in [5, 5.41) is 12.1. The van der Waals surface area contributed by atoms with Crippen LogP contribution in [0.3, 0.4) is 0 Å². The van der Waals surface area contributed by atoms with Crippen molar-refractivity contribution in [3.05, 3.63) is 18.0 Å². The van der Waals surface area contributed by atoms with Gasteiger partial charge in [-0.15, -0.1) is 15.3 Å². The number of nitrogens with zero attached hydrogens (tertiary/aromatic N) is 6. The van der Waals surface area contributed by atoms with Crippen molar-refractivity contribution in [2.24, 2.45) is 0 Å². The lowest BCUT2D eigenvalue weighted by Gasteiger charge is -2.04. The Morgan fingerprint density at radius 2 is 2.20 bits per heavy atom. The standard InChI is InChI=1S/C8H13N7/c1-3-15-6(2)11-12-7(15)4-14-5-10-8(9)13-14/h5H,3-4H2,1-2H3,(H2,9,13). The third-order valence-electron chi connectivity index (χ3n) is 2.19. The highest BCUT2D eigenvalue weighted by molar-refractivity contribution is 5.09. The maximum absolute atomic E-state index is 5.42. The second-order valence-corrected chi connectivity index (χ2v) is 3.21. The molecule has 0 aliphatic rings. The van der Waals surface area contributed by atoms with E-state index in [2.05, 4.69) is 27.2 Å². The minimum absolute atomic E-state index is 0.272. The van der Waals surface area contributed by atoms with Crippen LogP contribution in [0.1, 0.15) is 18.6 Å². The molecule has 7 heteroatoms. The van der Waals surface area contributed by atoms with Gasteiger partial charge in [-0.2, -0.15) is 0 Å². The smallest absolute Gasteiger partial charge is 0.239 e. The molecule has 0 amide bonds. The topological polar surface area (TPSA) is 87.4 Å². The van der Waals surface area contributed by atoms with E-state index in [9.17, 15) is 0 Å². The number of nitrogens with two attached hydrogens (primary N) is 1. The van der Waals surface area contributed by atoms with E-state index in [-0.39, 0.29) is 5.95 Å². The van der Waals surface area contributed by atoms with Gasteiger partial charge in [-0.25, -0.2) is 9.67 Å². The summed E-state index contributed by atoms with van der Waals surface area (Å²) in [6.07, 6.45) is 1.58. The van der Waals surface area contributed by atoms with Crippen LogP contribution < -0.4 is 5.73 Å². The number of nitrogen functional groups attached to an aromatic ring is 1. The molecule has 0 saturated heterocycles. The molecule has 0 atom stereocenters. The fourth-order valence-electron chi connectivity index (χ4n) is 1.48. The Balaban J connectivity index is 2.24. The Hall–Kier alpha value is -1.92. The zero-order valence-electron chi connectivity index (χ0n) is 8.75. The predicted octanol–water partition coefficient (Wildman–Crippen LogP) is -0.172. The number of hydrogen-bond donors (Lipinski definition) is 1. The summed E-state index contributed by atoms with van der Waals surface area (Å²) in [6.45, 7) is 5.36. The molecule has 7 nitrogen and oxygen atoms in total. The van der Waals surface area contributed by atoms with E-state index in [1.54, 1.807) is 11.0 Å². The van der Waals surface area contributed by atoms with Crippen LogP contribution in [0.4, 0.5) is 5.95 Å². The largest absolute Gasteiger partial charge is 0.367 e.